The van der Waals surface area contributed by atoms with Crippen molar-refractivity contribution in [2.45, 2.75) is 44.6 Å². The Morgan fingerprint density at radius 3 is 2.54 bits per heavy atom. The first-order valence-corrected chi connectivity index (χ1v) is 9.64. The van der Waals surface area contributed by atoms with E-state index in [-0.39, 0.29) is 17.4 Å². The molecule has 1 unspecified atom stereocenters. The molecule has 5 heteroatoms. The van der Waals surface area contributed by atoms with E-state index in [9.17, 15) is 4.79 Å². The molecular weight excluding hydrogens is 348 g/mol. The lowest BCUT2D eigenvalue weighted by Gasteiger charge is -2.36. The van der Waals surface area contributed by atoms with Gasteiger partial charge in [0.15, 0.2) is 0 Å². The van der Waals surface area contributed by atoms with Crippen molar-refractivity contribution in [2.24, 2.45) is 0 Å². The Labute approximate surface area is 160 Å². The highest BCUT2D eigenvalue weighted by Crippen LogP contribution is 2.25. The van der Waals surface area contributed by atoms with Gasteiger partial charge in [-0.2, -0.15) is 0 Å². The van der Waals surface area contributed by atoms with E-state index in [0.717, 1.165) is 24.4 Å². The van der Waals surface area contributed by atoms with Gasteiger partial charge in [0, 0.05) is 23.5 Å². The molecule has 0 bridgehead atoms. The van der Waals surface area contributed by atoms with Crippen molar-refractivity contribution in [3.05, 3.63) is 59.0 Å². The van der Waals surface area contributed by atoms with E-state index in [2.05, 4.69) is 24.1 Å². The average molecular weight is 375 g/mol. The molecule has 0 radical (unpaired) electrons. The van der Waals surface area contributed by atoms with Gasteiger partial charge in [-0.15, -0.1) is 0 Å². The van der Waals surface area contributed by atoms with Gasteiger partial charge in [-0.25, -0.2) is 0 Å². The molecule has 1 aromatic heterocycles. The first-order valence-electron chi connectivity index (χ1n) is 9.26. The first kappa shape index (κ1) is 19.0. The molecular formula is C21H27ClN2O2. The minimum absolute atomic E-state index is 0.0241. The summed E-state index contributed by atoms with van der Waals surface area (Å²) in [6.07, 6.45) is 4.65. The van der Waals surface area contributed by atoms with Gasteiger partial charge in [-0.1, -0.05) is 23.7 Å². The van der Waals surface area contributed by atoms with Gasteiger partial charge in [0.25, 0.3) is 0 Å². The van der Waals surface area contributed by atoms with Gasteiger partial charge in [0.05, 0.1) is 12.2 Å². The summed E-state index contributed by atoms with van der Waals surface area (Å²) >= 11 is 6.01. The molecule has 1 atom stereocenters. The molecule has 1 aromatic carbocycles. The fourth-order valence-electron chi connectivity index (χ4n) is 3.55. The average Bonchev–Trinajstić information content (AvgIpc) is 3.32. The number of carbonyl (C=O) groups is 1. The predicted molar refractivity (Wildman–Crippen MR) is 105 cm³/mol. The van der Waals surface area contributed by atoms with E-state index < -0.39 is 0 Å². The Kier molecular flexibility index (Phi) is 6.05. The lowest BCUT2D eigenvalue weighted by atomic mass is 9.93. The topological polar surface area (TPSA) is 45.5 Å². The molecule has 0 spiro atoms. The lowest BCUT2D eigenvalue weighted by molar-refractivity contribution is -0.123. The molecule has 26 heavy (non-hydrogen) atoms. The molecule has 0 aliphatic carbocycles. The van der Waals surface area contributed by atoms with E-state index in [1.165, 1.54) is 12.8 Å². The summed E-state index contributed by atoms with van der Waals surface area (Å²) in [5.41, 5.74) is 0.906. The van der Waals surface area contributed by atoms with Crippen LogP contribution in [0.5, 0.6) is 0 Å². The second-order valence-electron chi connectivity index (χ2n) is 7.61. The number of hydrogen-bond acceptors (Lipinski definition) is 3. The van der Waals surface area contributed by atoms with E-state index in [4.69, 9.17) is 16.0 Å². The standard InChI is InChI=1S/C21H27ClN2O2/c1-21(2,24-11-3-4-12-24)15-23-20(25)19(14-18-6-5-13-26-18)16-7-9-17(22)10-8-16/h5-10,13,19H,3-4,11-12,14-15H2,1-2H3,(H,23,25). The zero-order chi connectivity index (χ0) is 18.6. The largest absolute Gasteiger partial charge is 0.469 e. The maximum absolute atomic E-state index is 13.0. The Hall–Kier alpha value is -1.78. The number of likely N-dealkylation sites (tertiary alicyclic amines) is 1. The van der Waals surface area contributed by atoms with E-state index >= 15 is 0 Å². The maximum Gasteiger partial charge on any atom is 0.228 e. The highest BCUT2D eigenvalue weighted by molar-refractivity contribution is 6.30. The number of furan rings is 1. The summed E-state index contributed by atoms with van der Waals surface area (Å²) in [6, 6.07) is 11.2. The first-order chi connectivity index (χ1) is 12.5. The molecule has 2 aromatic rings. The Balaban J connectivity index is 1.70. The van der Waals surface area contributed by atoms with Gasteiger partial charge in [0.2, 0.25) is 5.91 Å². The number of nitrogens with zero attached hydrogens (tertiary/aromatic N) is 1. The van der Waals surface area contributed by atoms with Crippen LogP contribution in [0.1, 0.15) is 43.9 Å². The highest BCUT2D eigenvalue weighted by Gasteiger charge is 2.31. The third kappa shape index (κ3) is 4.68. The van der Waals surface area contributed by atoms with Crippen LogP contribution in [0.4, 0.5) is 0 Å². The molecule has 0 saturated carbocycles. The van der Waals surface area contributed by atoms with E-state index in [1.54, 1.807) is 6.26 Å². The van der Waals surface area contributed by atoms with Crippen LogP contribution >= 0.6 is 11.6 Å². The Morgan fingerprint density at radius 2 is 1.92 bits per heavy atom. The maximum atomic E-state index is 13.0. The minimum atomic E-state index is -0.298. The zero-order valence-corrected chi connectivity index (χ0v) is 16.3. The smallest absolute Gasteiger partial charge is 0.228 e. The molecule has 1 fully saturated rings. The molecule has 1 aliphatic rings. The van der Waals surface area contributed by atoms with Crippen molar-refractivity contribution in [1.82, 2.24) is 10.2 Å². The summed E-state index contributed by atoms with van der Waals surface area (Å²) in [6.45, 7) is 7.24. The Morgan fingerprint density at radius 1 is 1.23 bits per heavy atom. The van der Waals surface area contributed by atoms with Gasteiger partial charge in [-0.3, -0.25) is 9.69 Å². The fourth-order valence-corrected chi connectivity index (χ4v) is 3.67. The van der Waals surface area contributed by atoms with Crippen molar-refractivity contribution < 1.29 is 9.21 Å². The van der Waals surface area contributed by atoms with Gasteiger partial charge in [0.1, 0.15) is 5.76 Å². The molecule has 1 saturated heterocycles. The number of carbonyl (C=O) groups excluding carboxylic acids is 1. The molecule has 2 heterocycles. The second kappa shape index (κ2) is 8.28. The quantitative estimate of drug-likeness (QED) is 0.788. The summed E-state index contributed by atoms with van der Waals surface area (Å²) in [7, 11) is 0. The van der Waals surface area contributed by atoms with Crippen molar-refractivity contribution in [3.63, 3.8) is 0 Å². The third-order valence-electron chi connectivity index (χ3n) is 5.23. The van der Waals surface area contributed by atoms with Crippen molar-refractivity contribution in [2.75, 3.05) is 19.6 Å². The van der Waals surface area contributed by atoms with Crippen LogP contribution in [0.15, 0.2) is 47.1 Å². The van der Waals surface area contributed by atoms with Gasteiger partial charge in [-0.05, 0) is 69.6 Å². The zero-order valence-electron chi connectivity index (χ0n) is 15.5. The Bertz CT molecular complexity index is 704. The van der Waals surface area contributed by atoms with Crippen LogP contribution in [0.2, 0.25) is 5.02 Å². The second-order valence-corrected chi connectivity index (χ2v) is 8.05. The van der Waals surface area contributed by atoms with Crippen molar-refractivity contribution in [1.29, 1.82) is 0 Å². The predicted octanol–water partition coefficient (Wildman–Crippen LogP) is 4.25. The van der Waals surface area contributed by atoms with E-state index in [0.29, 0.717) is 18.0 Å². The van der Waals surface area contributed by atoms with Crippen molar-refractivity contribution in [3.8, 4) is 0 Å². The number of nitrogens with one attached hydrogen (secondary N) is 1. The summed E-state index contributed by atoms with van der Waals surface area (Å²) in [5, 5.41) is 3.84. The molecule has 4 nitrogen and oxygen atoms in total. The van der Waals surface area contributed by atoms with Crippen LogP contribution in [0.3, 0.4) is 0 Å². The van der Waals surface area contributed by atoms with Crippen LogP contribution in [0, 0.1) is 0 Å². The molecule has 3 rings (SSSR count). The monoisotopic (exact) mass is 374 g/mol. The van der Waals surface area contributed by atoms with Gasteiger partial charge < -0.3 is 9.73 Å². The van der Waals surface area contributed by atoms with Gasteiger partial charge >= 0.3 is 0 Å². The highest BCUT2D eigenvalue weighted by atomic mass is 35.5. The minimum Gasteiger partial charge on any atom is -0.469 e. The number of hydrogen-bond donors (Lipinski definition) is 1. The number of halogens is 1. The lowest BCUT2D eigenvalue weighted by Crippen LogP contribution is -2.51. The summed E-state index contributed by atoms with van der Waals surface area (Å²) < 4.78 is 5.47. The number of rotatable bonds is 7. The molecule has 140 valence electrons. The fraction of sp³-hybridized carbons (Fsp3) is 0.476. The van der Waals surface area contributed by atoms with Crippen LogP contribution in [-0.2, 0) is 11.2 Å². The molecule has 1 aliphatic heterocycles. The summed E-state index contributed by atoms with van der Waals surface area (Å²) in [5.74, 6) is 0.530. The SMILES string of the molecule is CC(C)(CNC(=O)C(Cc1ccco1)c1ccc(Cl)cc1)N1CCCC1. The molecule has 1 N–H and O–H groups in total. The summed E-state index contributed by atoms with van der Waals surface area (Å²) in [4.78, 5) is 15.5. The van der Waals surface area contributed by atoms with Crippen molar-refractivity contribution >= 4 is 17.5 Å². The normalized spacial score (nSPS) is 16.6. The van der Waals surface area contributed by atoms with Crippen LogP contribution in [-0.4, -0.2) is 36.0 Å². The number of amides is 1. The van der Waals surface area contributed by atoms with Crippen LogP contribution < -0.4 is 5.32 Å². The third-order valence-corrected chi connectivity index (χ3v) is 5.48. The molecule has 1 amide bonds. The van der Waals surface area contributed by atoms with E-state index in [1.807, 2.05) is 36.4 Å². The number of benzene rings is 1. The van der Waals surface area contributed by atoms with Crippen LogP contribution in [0.25, 0.3) is 0 Å².